The molecular formula is C15H16ClNO3. The Hall–Kier alpha value is -1.51. The zero-order chi connectivity index (χ0) is 14.4. The van der Waals surface area contributed by atoms with Gasteiger partial charge in [-0.25, -0.2) is 4.79 Å². The van der Waals surface area contributed by atoms with Crippen molar-refractivity contribution in [3.05, 3.63) is 22.7 Å². The Bertz CT molecular complexity index is 599. The first-order valence-electron chi connectivity index (χ1n) is 6.77. The number of fused-ring (bicyclic) bond motifs is 1. The minimum Gasteiger partial charge on any atom is -0.449 e. The minimum absolute atomic E-state index is 0.552. The molecule has 4 nitrogen and oxygen atoms in total. The SMILES string of the molecule is CC1(C)Oc2cc(Cl)c(C3(N=C=O)CCCC3)cc2O1. The maximum absolute atomic E-state index is 10.8. The van der Waals surface area contributed by atoms with Gasteiger partial charge < -0.3 is 9.47 Å². The van der Waals surface area contributed by atoms with Crippen molar-refractivity contribution in [2.75, 3.05) is 0 Å². The Morgan fingerprint density at radius 2 is 1.80 bits per heavy atom. The van der Waals surface area contributed by atoms with Gasteiger partial charge in [0.05, 0.1) is 10.6 Å². The minimum atomic E-state index is -0.693. The molecule has 0 aromatic heterocycles. The largest absolute Gasteiger partial charge is 0.449 e. The summed E-state index contributed by atoms with van der Waals surface area (Å²) >= 11 is 6.38. The number of aliphatic imine (C=N–C) groups is 1. The van der Waals surface area contributed by atoms with Gasteiger partial charge in [0.2, 0.25) is 11.9 Å². The van der Waals surface area contributed by atoms with Gasteiger partial charge in [-0.05, 0) is 18.9 Å². The van der Waals surface area contributed by atoms with Crippen LogP contribution in [-0.4, -0.2) is 11.9 Å². The van der Waals surface area contributed by atoms with E-state index in [4.69, 9.17) is 21.1 Å². The van der Waals surface area contributed by atoms with Gasteiger partial charge in [-0.2, -0.15) is 4.99 Å². The van der Waals surface area contributed by atoms with Gasteiger partial charge in [0, 0.05) is 25.5 Å². The van der Waals surface area contributed by atoms with E-state index in [0.717, 1.165) is 31.2 Å². The number of isocyanates is 1. The summed E-state index contributed by atoms with van der Waals surface area (Å²) < 4.78 is 11.4. The van der Waals surface area contributed by atoms with Gasteiger partial charge in [-0.15, -0.1) is 0 Å². The predicted molar refractivity (Wildman–Crippen MR) is 75.1 cm³/mol. The monoisotopic (exact) mass is 293 g/mol. The molecule has 106 valence electrons. The van der Waals surface area contributed by atoms with Crippen LogP contribution in [-0.2, 0) is 10.3 Å². The third-order valence-corrected chi connectivity index (χ3v) is 4.25. The molecule has 1 aliphatic heterocycles. The molecule has 0 amide bonds. The lowest BCUT2D eigenvalue weighted by Crippen LogP contribution is -2.29. The highest BCUT2D eigenvalue weighted by molar-refractivity contribution is 6.31. The molecule has 3 rings (SSSR count). The fourth-order valence-corrected chi connectivity index (χ4v) is 3.42. The standard InChI is InChI=1S/C15H16ClNO3/c1-14(2)19-12-7-10(11(16)8-13(12)20-14)15(17-9-18)5-3-4-6-15/h7-8H,3-6H2,1-2H3. The van der Waals surface area contributed by atoms with Crippen LogP contribution in [0.1, 0.15) is 45.1 Å². The first kappa shape index (κ1) is 13.5. The van der Waals surface area contributed by atoms with Crippen molar-refractivity contribution in [1.29, 1.82) is 0 Å². The van der Waals surface area contributed by atoms with Crippen molar-refractivity contribution in [3.63, 3.8) is 0 Å². The van der Waals surface area contributed by atoms with Gasteiger partial charge in [-0.3, -0.25) is 0 Å². The van der Waals surface area contributed by atoms with Crippen LogP contribution in [0.25, 0.3) is 0 Å². The second kappa shape index (κ2) is 4.51. The number of hydrogen-bond acceptors (Lipinski definition) is 4. The Kier molecular flexibility index (Phi) is 3.03. The molecule has 1 aromatic rings. The molecule has 1 aliphatic carbocycles. The summed E-state index contributed by atoms with van der Waals surface area (Å²) in [5.74, 6) is 0.592. The van der Waals surface area contributed by atoms with Crippen LogP contribution in [0.2, 0.25) is 5.02 Å². The van der Waals surface area contributed by atoms with Crippen LogP contribution in [0.15, 0.2) is 17.1 Å². The lowest BCUT2D eigenvalue weighted by Gasteiger charge is -2.24. The van der Waals surface area contributed by atoms with Crippen LogP contribution in [0.4, 0.5) is 0 Å². The van der Waals surface area contributed by atoms with E-state index in [9.17, 15) is 4.79 Å². The van der Waals surface area contributed by atoms with Gasteiger partial charge in [0.15, 0.2) is 11.5 Å². The van der Waals surface area contributed by atoms with Crippen molar-refractivity contribution >= 4 is 17.7 Å². The molecule has 0 saturated heterocycles. The number of ether oxygens (including phenoxy) is 2. The van der Waals surface area contributed by atoms with E-state index in [1.54, 1.807) is 12.1 Å². The normalized spacial score (nSPS) is 21.6. The molecule has 0 N–H and O–H groups in total. The Balaban J connectivity index is 2.10. The highest BCUT2D eigenvalue weighted by Gasteiger charge is 2.40. The van der Waals surface area contributed by atoms with Crippen molar-refractivity contribution < 1.29 is 14.3 Å². The van der Waals surface area contributed by atoms with Crippen LogP contribution >= 0.6 is 11.6 Å². The van der Waals surface area contributed by atoms with Gasteiger partial charge in [0.25, 0.3) is 0 Å². The van der Waals surface area contributed by atoms with Gasteiger partial charge in [-0.1, -0.05) is 24.4 Å². The topological polar surface area (TPSA) is 47.9 Å². The van der Waals surface area contributed by atoms with Gasteiger partial charge in [0.1, 0.15) is 0 Å². The summed E-state index contributed by atoms with van der Waals surface area (Å²) in [6, 6.07) is 3.61. The van der Waals surface area contributed by atoms with Crippen molar-refractivity contribution in [2.24, 2.45) is 4.99 Å². The molecule has 0 bridgehead atoms. The van der Waals surface area contributed by atoms with Gasteiger partial charge >= 0.3 is 0 Å². The van der Waals surface area contributed by atoms with Crippen molar-refractivity contribution in [2.45, 2.75) is 50.9 Å². The smallest absolute Gasteiger partial charge is 0.246 e. The number of benzene rings is 1. The molecule has 0 unspecified atom stereocenters. The Morgan fingerprint density at radius 1 is 1.20 bits per heavy atom. The van der Waals surface area contributed by atoms with E-state index < -0.39 is 11.3 Å². The Labute approximate surface area is 122 Å². The molecule has 1 aromatic carbocycles. The Morgan fingerprint density at radius 3 is 2.40 bits per heavy atom. The first-order chi connectivity index (χ1) is 9.46. The number of nitrogens with zero attached hydrogens (tertiary/aromatic N) is 1. The molecule has 0 radical (unpaired) electrons. The number of halogens is 1. The molecule has 0 spiro atoms. The molecule has 1 heterocycles. The third kappa shape index (κ3) is 2.09. The van der Waals surface area contributed by atoms with E-state index in [1.807, 2.05) is 19.9 Å². The lowest BCUT2D eigenvalue weighted by atomic mass is 9.88. The average Bonchev–Trinajstić information content (AvgIpc) is 2.92. The predicted octanol–water partition coefficient (Wildman–Crippen LogP) is 3.95. The highest BCUT2D eigenvalue weighted by Crippen LogP contribution is 2.50. The maximum Gasteiger partial charge on any atom is 0.246 e. The second-order valence-corrected chi connectivity index (χ2v) is 6.23. The molecular weight excluding hydrogens is 278 g/mol. The van der Waals surface area contributed by atoms with Crippen LogP contribution < -0.4 is 9.47 Å². The quantitative estimate of drug-likeness (QED) is 0.613. The summed E-state index contributed by atoms with van der Waals surface area (Å²) in [5, 5.41) is 0.561. The highest BCUT2D eigenvalue weighted by atomic mass is 35.5. The lowest BCUT2D eigenvalue weighted by molar-refractivity contribution is -0.0431. The molecule has 20 heavy (non-hydrogen) atoms. The van der Waals surface area contributed by atoms with Crippen LogP contribution in [0.3, 0.4) is 0 Å². The number of rotatable bonds is 2. The fourth-order valence-electron chi connectivity index (χ4n) is 3.09. The zero-order valence-corrected chi connectivity index (χ0v) is 12.3. The maximum atomic E-state index is 10.8. The summed E-state index contributed by atoms with van der Waals surface area (Å²) in [6.07, 6.45) is 5.38. The molecule has 0 atom stereocenters. The van der Waals surface area contributed by atoms with Crippen LogP contribution in [0.5, 0.6) is 11.5 Å². The molecule has 1 saturated carbocycles. The van der Waals surface area contributed by atoms with E-state index in [2.05, 4.69) is 4.99 Å². The van der Waals surface area contributed by atoms with E-state index >= 15 is 0 Å². The third-order valence-electron chi connectivity index (χ3n) is 3.94. The summed E-state index contributed by atoms with van der Waals surface area (Å²) in [6.45, 7) is 3.69. The molecule has 2 aliphatic rings. The van der Waals surface area contributed by atoms with Crippen LogP contribution in [0, 0.1) is 0 Å². The van der Waals surface area contributed by atoms with Crippen molar-refractivity contribution in [3.8, 4) is 11.5 Å². The van der Waals surface area contributed by atoms with E-state index in [-0.39, 0.29) is 0 Å². The summed E-state index contributed by atoms with van der Waals surface area (Å²) in [4.78, 5) is 14.9. The average molecular weight is 294 g/mol. The van der Waals surface area contributed by atoms with E-state index in [0.29, 0.717) is 16.5 Å². The first-order valence-corrected chi connectivity index (χ1v) is 7.15. The van der Waals surface area contributed by atoms with E-state index in [1.165, 1.54) is 0 Å². The summed E-state index contributed by atoms with van der Waals surface area (Å²) in [7, 11) is 0. The molecule has 1 fully saturated rings. The number of carbonyl (C=O) groups excluding carboxylic acids is 1. The second-order valence-electron chi connectivity index (χ2n) is 5.82. The zero-order valence-electron chi connectivity index (χ0n) is 11.5. The van der Waals surface area contributed by atoms with Crippen molar-refractivity contribution in [1.82, 2.24) is 0 Å². The number of hydrogen-bond donors (Lipinski definition) is 0. The molecule has 5 heteroatoms. The summed E-state index contributed by atoms with van der Waals surface area (Å²) in [5.41, 5.74) is 0.282. The fraction of sp³-hybridized carbons (Fsp3) is 0.533.